The number of morpholine rings is 1. The van der Waals surface area contributed by atoms with Crippen LogP contribution in [0.15, 0.2) is 36.4 Å². The minimum atomic E-state index is -0.744. The van der Waals surface area contributed by atoms with Gasteiger partial charge in [0.1, 0.15) is 11.3 Å². The van der Waals surface area contributed by atoms with E-state index >= 15 is 0 Å². The molecule has 0 radical (unpaired) electrons. The van der Waals surface area contributed by atoms with Crippen molar-refractivity contribution in [2.75, 3.05) is 44.3 Å². The topological polar surface area (TPSA) is 45.7 Å². The second kappa shape index (κ2) is 9.34. The quantitative estimate of drug-likeness (QED) is 0.549. The number of hydrogen-bond acceptors (Lipinski definition) is 5. The van der Waals surface area contributed by atoms with Crippen molar-refractivity contribution in [1.29, 1.82) is 0 Å². The van der Waals surface area contributed by atoms with Gasteiger partial charge in [0.2, 0.25) is 0 Å². The molecule has 0 saturated carbocycles. The average Bonchev–Trinajstić information content (AvgIpc) is 3.16. The van der Waals surface area contributed by atoms with E-state index in [2.05, 4.69) is 9.88 Å². The maximum Gasteiger partial charge on any atom is 0.261 e. The summed E-state index contributed by atoms with van der Waals surface area (Å²) in [7, 11) is 0. The smallest absolute Gasteiger partial charge is 0.261 e. The maximum absolute atomic E-state index is 14.2. The Hall–Kier alpha value is -2.13. The zero-order chi connectivity index (χ0) is 21.1. The van der Waals surface area contributed by atoms with Gasteiger partial charge < -0.3 is 4.74 Å². The Morgan fingerprint density at radius 3 is 2.77 bits per heavy atom. The average molecular weight is 452 g/mol. The predicted octanol–water partition coefficient (Wildman–Crippen LogP) is 4.60. The lowest BCUT2D eigenvalue weighted by Crippen LogP contribution is -2.39. The number of nitrogens with zero attached hydrogens (tertiary/aromatic N) is 3. The summed E-state index contributed by atoms with van der Waals surface area (Å²) in [5.74, 6) is -1.74. The highest BCUT2D eigenvalue weighted by molar-refractivity contribution is 7.22. The van der Waals surface area contributed by atoms with Crippen LogP contribution in [0.1, 0.15) is 16.8 Å². The van der Waals surface area contributed by atoms with Gasteiger partial charge in [-0.2, -0.15) is 0 Å². The second-order valence-electron chi connectivity index (χ2n) is 6.97. The Morgan fingerprint density at radius 2 is 2.00 bits per heavy atom. The van der Waals surface area contributed by atoms with Crippen molar-refractivity contribution in [2.45, 2.75) is 6.42 Å². The standard InChI is InChI=1S/C21H20ClF2N3O2S/c22-16-5-2-1-4-15(16)20(28)27(7-3-6-26-8-10-29-11-9-26)21-25-19-17(24)12-14(23)13-18(19)30-21/h1-2,4-5,12-13H,3,6-11H2. The number of halogens is 3. The molecule has 0 bridgehead atoms. The molecule has 0 atom stereocenters. The third kappa shape index (κ3) is 4.62. The minimum Gasteiger partial charge on any atom is -0.379 e. The summed E-state index contributed by atoms with van der Waals surface area (Å²) >= 11 is 7.32. The molecule has 1 amide bonds. The SMILES string of the molecule is O=C(c1ccccc1Cl)N(CCCN1CCOCC1)c1nc2c(F)cc(F)cc2s1. The number of fused-ring (bicyclic) bond motifs is 1. The predicted molar refractivity (Wildman–Crippen MR) is 115 cm³/mol. The molecule has 3 aromatic rings. The van der Waals surface area contributed by atoms with E-state index in [1.807, 2.05) is 0 Å². The molecule has 4 rings (SSSR count). The Bertz CT molecular complexity index is 1060. The fourth-order valence-electron chi connectivity index (χ4n) is 3.40. The molecule has 0 spiro atoms. The van der Waals surface area contributed by atoms with Crippen LogP contribution in [0.25, 0.3) is 10.2 Å². The Morgan fingerprint density at radius 1 is 1.23 bits per heavy atom. The number of anilines is 1. The zero-order valence-electron chi connectivity index (χ0n) is 16.1. The number of thiazole rings is 1. The largest absolute Gasteiger partial charge is 0.379 e. The fraction of sp³-hybridized carbons (Fsp3) is 0.333. The van der Waals surface area contributed by atoms with Crippen molar-refractivity contribution in [3.8, 4) is 0 Å². The molecule has 30 heavy (non-hydrogen) atoms. The van der Waals surface area contributed by atoms with E-state index in [0.29, 0.717) is 46.6 Å². The van der Waals surface area contributed by atoms with E-state index in [9.17, 15) is 13.6 Å². The summed E-state index contributed by atoms with van der Waals surface area (Å²) in [5.41, 5.74) is 0.401. The summed E-state index contributed by atoms with van der Waals surface area (Å²) in [6, 6.07) is 8.80. The molecular weight excluding hydrogens is 432 g/mol. The van der Waals surface area contributed by atoms with Crippen molar-refractivity contribution in [2.24, 2.45) is 0 Å². The molecule has 158 valence electrons. The highest BCUT2D eigenvalue weighted by Gasteiger charge is 2.24. The number of aromatic nitrogens is 1. The molecule has 0 unspecified atom stereocenters. The lowest BCUT2D eigenvalue weighted by atomic mass is 10.2. The zero-order valence-corrected chi connectivity index (χ0v) is 17.7. The van der Waals surface area contributed by atoms with Gasteiger partial charge in [-0.05, 0) is 24.6 Å². The fourth-order valence-corrected chi connectivity index (χ4v) is 4.65. The van der Waals surface area contributed by atoms with E-state index in [1.54, 1.807) is 24.3 Å². The lowest BCUT2D eigenvalue weighted by Gasteiger charge is -2.27. The van der Waals surface area contributed by atoms with E-state index < -0.39 is 11.6 Å². The second-order valence-corrected chi connectivity index (χ2v) is 8.39. The molecule has 1 saturated heterocycles. The van der Waals surface area contributed by atoms with Gasteiger partial charge in [-0.15, -0.1) is 0 Å². The molecule has 1 aliphatic heterocycles. The van der Waals surface area contributed by atoms with Gasteiger partial charge in [-0.1, -0.05) is 35.1 Å². The van der Waals surface area contributed by atoms with Crippen molar-refractivity contribution in [3.63, 3.8) is 0 Å². The Labute approximate surface area is 181 Å². The minimum absolute atomic E-state index is 0.0570. The Balaban J connectivity index is 1.62. The molecule has 5 nitrogen and oxygen atoms in total. The molecular formula is C21H20ClF2N3O2S. The number of hydrogen-bond donors (Lipinski definition) is 0. The molecule has 1 aromatic heterocycles. The number of ether oxygens (including phenoxy) is 1. The highest BCUT2D eigenvalue weighted by atomic mass is 35.5. The van der Waals surface area contributed by atoms with Crippen molar-refractivity contribution >= 4 is 44.2 Å². The van der Waals surface area contributed by atoms with E-state index in [-0.39, 0.29) is 11.4 Å². The molecule has 9 heteroatoms. The molecule has 1 fully saturated rings. The summed E-state index contributed by atoms with van der Waals surface area (Å²) in [4.78, 5) is 21.4. The van der Waals surface area contributed by atoms with Gasteiger partial charge in [0.25, 0.3) is 5.91 Å². The first kappa shape index (κ1) is 21.1. The number of carbonyl (C=O) groups is 1. The summed E-state index contributed by atoms with van der Waals surface area (Å²) in [6.45, 7) is 4.28. The number of benzene rings is 2. The van der Waals surface area contributed by atoms with Crippen LogP contribution in [-0.4, -0.2) is 55.2 Å². The van der Waals surface area contributed by atoms with E-state index in [0.717, 1.165) is 37.0 Å². The molecule has 1 aliphatic rings. The highest BCUT2D eigenvalue weighted by Crippen LogP contribution is 2.32. The van der Waals surface area contributed by atoms with Crippen LogP contribution < -0.4 is 4.90 Å². The van der Waals surface area contributed by atoms with Gasteiger partial charge in [-0.25, -0.2) is 13.8 Å². The van der Waals surface area contributed by atoms with Crippen LogP contribution in [0.3, 0.4) is 0 Å². The first-order chi connectivity index (χ1) is 14.5. The summed E-state index contributed by atoms with van der Waals surface area (Å²) < 4.78 is 33.5. The molecule has 0 aliphatic carbocycles. The van der Waals surface area contributed by atoms with Gasteiger partial charge in [0, 0.05) is 32.2 Å². The third-order valence-corrected chi connectivity index (χ3v) is 6.30. The van der Waals surface area contributed by atoms with Crippen LogP contribution in [0.2, 0.25) is 5.02 Å². The normalized spacial score (nSPS) is 14.9. The van der Waals surface area contributed by atoms with Crippen LogP contribution in [-0.2, 0) is 4.74 Å². The van der Waals surface area contributed by atoms with Crippen molar-refractivity contribution in [1.82, 2.24) is 9.88 Å². The van der Waals surface area contributed by atoms with E-state index in [4.69, 9.17) is 16.3 Å². The van der Waals surface area contributed by atoms with Crippen LogP contribution >= 0.6 is 22.9 Å². The van der Waals surface area contributed by atoms with Gasteiger partial charge in [0.15, 0.2) is 10.9 Å². The number of amides is 1. The molecule has 2 aromatic carbocycles. The number of carbonyl (C=O) groups excluding carboxylic acids is 1. The Kier molecular flexibility index (Phi) is 6.58. The van der Waals surface area contributed by atoms with Gasteiger partial charge >= 0.3 is 0 Å². The summed E-state index contributed by atoms with van der Waals surface area (Å²) in [6.07, 6.45) is 0.697. The first-order valence-corrected chi connectivity index (χ1v) is 10.8. The van der Waals surface area contributed by atoms with Crippen LogP contribution in [0, 0.1) is 11.6 Å². The monoisotopic (exact) mass is 451 g/mol. The van der Waals surface area contributed by atoms with Crippen molar-refractivity contribution < 1.29 is 18.3 Å². The maximum atomic E-state index is 14.2. The third-order valence-electron chi connectivity index (χ3n) is 4.94. The van der Waals surface area contributed by atoms with Gasteiger partial charge in [0.05, 0.1) is 28.5 Å². The van der Waals surface area contributed by atoms with Crippen LogP contribution in [0.4, 0.5) is 13.9 Å². The van der Waals surface area contributed by atoms with Gasteiger partial charge in [-0.3, -0.25) is 14.6 Å². The van der Waals surface area contributed by atoms with Crippen LogP contribution in [0.5, 0.6) is 0 Å². The number of rotatable bonds is 6. The summed E-state index contributed by atoms with van der Waals surface area (Å²) in [5, 5.41) is 0.653. The molecule has 2 heterocycles. The van der Waals surface area contributed by atoms with E-state index in [1.165, 1.54) is 11.0 Å². The molecule has 0 N–H and O–H groups in total. The van der Waals surface area contributed by atoms with Crippen molar-refractivity contribution in [3.05, 3.63) is 58.6 Å². The first-order valence-electron chi connectivity index (χ1n) is 9.65. The lowest BCUT2D eigenvalue weighted by molar-refractivity contribution is 0.0376.